The SMILES string of the molecule is Cc1cccc2nc(CN=C(N)NC(C)CCCC(C)C)cn12. The Labute approximate surface area is 139 Å². The zero-order valence-corrected chi connectivity index (χ0v) is 14.7. The predicted octanol–water partition coefficient (Wildman–Crippen LogP) is 3.26. The molecule has 0 radical (unpaired) electrons. The maximum atomic E-state index is 5.98. The molecular weight excluding hydrogens is 286 g/mol. The number of rotatable bonds is 7. The fourth-order valence-corrected chi connectivity index (χ4v) is 2.64. The van der Waals surface area contributed by atoms with E-state index >= 15 is 0 Å². The van der Waals surface area contributed by atoms with Gasteiger partial charge in [0.25, 0.3) is 0 Å². The molecule has 0 spiro atoms. The molecule has 5 nitrogen and oxygen atoms in total. The predicted molar refractivity (Wildman–Crippen MR) is 96.5 cm³/mol. The van der Waals surface area contributed by atoms with Gasteiger partial charge in [0, 0.05) is 17.9 Å². The molecule has 2 rings (SSSR count). The molecule has 0 aromatic carbocycles. The highest BCUT2D eigenvalue weighted by Crippen LogP contribution is 2.10. The molecule has 0 amide bonds. The second-order valence-corrected chi connectivity index (χ2v) is 6.70. The minimum absolute atomic E-state index is 0.348. The third-order valence-corrected chi connectivity index (χ3v) is 3.97. The van der Waals surface area contributed by atoms with Gasteiger partial charge >= 0.3 is 0 Å². The number of aliphatic imine (C=N–C) groups is 1. The highest BCUT2D eigenvalue weighted by molar-refractivity contribution is 5.78. The van der Waals surface area contributed by atoms with Crippen molar-refractivity contribution in [3.05, 3.63) is 35.8 Å². The zero-order valence-electron chi connectivity index (χ0n) is 14.7. The Hall–Kier alpha value is -2.04. The number of aryl methyl sites for hydroxylation is 1. The van der Waals surface area contributed by atoms with E-state index in [2.05, 4.69) is 53.5 Å². The number of guanidine groups is 1. The van der Waals surface area contributed by atoms with Crippen LogP contribution in [0.1, 0.15) is 51.4 Å². The normalized spacial score (nSPS) is 13.7. The van der Waals surface area contributed by atoms with Crippen LogP contribution in [-0.4, -0.2) is 21.4 Å². The van der Waals surface area contributed by atoms with Crippen molar-refractivity contribution in [1.82, 2.24) is 14.7 Å². The quantitative estimate of drug-likeness (QED) is 0.609. The van der Waals surface area contributed by atoms with Crippen LogP contribution in [0.5, 0.6) is 0 Å². The van der Waals surface area contributed by atoms with Crippen LogP contribution in [0.15, 0.2) is 29.4 Å². The molecule has 2 heterocycles. The van der Waals surface area contributed by atoms with Gasteiger partial charge in [-0.05, 0) is 38.3 Å². The lowest BCUT2D eigenvalue weighted by atomic mass is 10.0. The summed E-state index contributed by atoms with van der Waals surface area (Å²) in [5.41, 5.74) is 9.02. The summed E-state index contributed by atoms with van der Waals surface area (Å²) in [6, 6.07) is 6.43. The van der Waals surface area contributed by atoms with Gasteiger partial charge in [-0.1, -0.05) is 32.8 Å². The van der Waals surface area contributed by atoms with E-state index in [0.717, 1.165) is 29.4 Å². The number of aromatic nitrogens is 2. The molecule has 0 aliphatic carbocycles. The number of nitrogens with two attached hydrogens (primary N) is 1. The first-order valence-electron chi connectivity index (χ1n) is 8.45. The highest BCUT2D eigenvalue weighted by atomic mass is 15.1. The second kappa shape index (κ2) is 7.99. The van der Waals surface area contributed by atoms with Crippen LogP contribution < -0.4 is 11.1 Å². The van der Waals surface area contributed by atoms with Crippen molar-refractivity contribution in [2.75, 3.05) is 0 Å². The smallest absolute Gasteiger partial charge is 0.189 e. The lowest BCUT2D eigenvalue weighted by Gasteiger charge is -2.14. The summed E-state index contributed by atoms with van der Waals surface area (Å²) in [5.74, 6) is 1.25. The van der Waals surface area contributed by atoms with E-state index in [0.29, 0.717) is 18.5 Å². The monoisotopic (exact) mass is 315 g/mol. The number of nitrogens with one attached hydrogen (secondary N) is 1. The average Bonchev–Trinajstić information content (AvgIpc) is 2.89. The minimum atomic E-state index is 0.348. The number of imidazole rings is 1. The van der Waals surface area contributed by atoms with Gasteiger partial charge in [-0.25, -0.2) is 9.98 Å². The molecule has 3 N–H and O–H groups in total. The van der Waals surface area contributed by atoms with E-state index in [9.17, 15) is 0 Å². The molecule has 1 atom stereocenters. The first kappa shape index (κ1) is 17.3. The van der Waals surface area contributed by atoms with Crippen molar-refractivity contribution < 1.29 is 0 Å². The van der Waals surface area contributed by atoms with Gasteiger partial charge in [0.1, 0.15) is 5.65 Å². The molecule has 2 aromatic heterocycles. The van der Waals surface area contributed by atoms with E-state index < -0.39 is 0 Å². The minimum Gasteiger partial charge on any atom is -0.370 e. The maximum Gasteiger partial charge on any atom is 0.189 e. The molecule has 0 aliphatic rings. The molecule has 1 unspecified atom stereocenters. The summed E-state index contributed by atoms with van der Waals surface area (Å²) in [7, 11) is 0. The Balaban J connectivity index is 1.87. The second-order valence-electron chi connectivity index (χ2n) is 6.70. The Morgan fingerprint density at radius 2 is 2.09 bits per heavy atom. The van der Waals surface area contributed by atoms with E-state index in [1.54, 1.807) is 0 Å². The van der Waals surface area contributed by atoms with E-state index in [4.69, 9.17) is 5.73 Å². The van der Waals surface area contributed by atoms with Crippen LogP contribution in [0.25, 0.3) is 5.65 Å². The molecule has 0 fully saturated rings. The molecule has 0 bridgehead atoms. The summed E-state index contributed by atoms with van der Waals surface area (Å²) >= 11 is 0. The van der Waals surface area contributed by atoms with E-state index in [1.807, 2.05) is 18.3 Å². The van der Waals surface area contributed by atoms with Crippen molar-refractivity contribution in [3.63, 3.8) is 0 Å². The van der Waals surface area contributed by atoms with Gasteiger partial charge in [0.15, 0.2) is 5.96 Å². The number of pyridine rings is 1. The first-order chi connectivity index (χ1) is 11.0. The largest absolute Gasteiger partial charge is 0.370 e. The Morgan fingerprint density at radius 3 is 2.78 bits per heavy atom. The fourth-order valence-electron chi connectivity index (χ4n) is 2.64. The van der Waals surface area contributed by atoms with Gasteiger partial charge in [-0.3, -0.25) is 0 Å². The van der Waals surface area contributed by atoms with Crippen LogP contribution in [0, 0.1) is 12.8 Å². The molecule has 5 heteroatoms. The van der Waals surface area contributed by atoms with Gasteiger partial charge in [-0.2, -0.15) is 0 Å². The third-order valence-electron chi connectivity index (χ3n) is 3.97. The summed E-state index contributed by atoms with van der Waals surface area (Å²) < 4.78 is 2.07. The van der Waals surface area contributed by atoms with Crippen LogP contribution in [0.2, 0.25) is 0 Å². The van der Waals surface area contributed by atoms with E-state index in [-0.39, 0.29) is 0 Å². The Kier molecular flexibility index (Phi) is 6.02. The van der Waals surface area contributed by atoms with Crippen LogP contribution >= 0.6 is 0 Å². The van der Waals surface area contributed by atoms with Gasteiger partial charge < -0.3 is 15.5 Å². The molecular formula is C18H29N5. The number of hydrogen-bond acceptors (Lipinski definition) is 2. The topological polar surface area (TPSA) is 67.7 Å². The van der Waals surface area contributed by atoms with Gasteiger partial charge in [0.2, 0.25) is 0 Å². The molecule has 0 saturated carbocycles. The summed E-state index contributed by atoms with van der Waals surface area (Å²) in [4.78, 5) is 8.98. The summed E-state index contributed by atoms with van der Waals surface area (Å²) in [6.45, 7) is 9.22. The summed E-state index contributed by atoms with van der Waals surface area (Å²) in [5, 5.41) is 3.26. The molecule has 2 aromatic rings. The van der Waals surface area contributed by atoms with E-state index in [1.165, 1.54) is 12.8 Å². The molecule has 23 heavy (non-hydrogen) atoms. The van der Waals surface area contributed by atoms with Gasteiger partial charge in [0.05, 0.1) is 12.2 Å². The first-order valence-corrected chi connectivity index (χ1v) is 8.45. The van der Waals surface area contributed by atoms with Gasteiger partial charge in [-0.15, -0.1) is 0 Å². The standard InChI is InChI=1S/C18H29N5/c1-13(2)7-5-8-14(3)21-18(19)20-11-16-12-23-15(4)9-6-10-17(23)22-16/h6,9-10,12-14H,5,7-8,11H2,1-4H3,(H3,19,20,21). The van der Waals surface area contributed by atoms with Crippen molar-refractivity contribution >= 4 is 11.6 Å². The molecule has 126 valence electrons. The maximum absolute atomic E-state index is 5.98. The van der Waals surface area contributed by atoms with Crippen LogP contribution in [-0.2, 0) is 6.54 Å². The van der Waals surface area contributed by atoms with Crippen molar-refractivity contribution in [2.45, 2.75) is 59.5 Å². The van der Waals surface area contributed by atoms with Crippen molar-refractivity contribution in [2.24, 2.45) is 16.6 Å². The van der Waals surface area contributed by atoms with Crippen LogP contribution in [0.3, 0.4) is 0 Å². The highest BCUT2D eigenvalue weighted by Gasteiger charge is 2.05. The number of fused-ring (bicyclic) bond motifs is 1. The third kappa shape index (κ3) is 5.27. The Morgan fingerprint density at radius 1 is 1.30 bits per heavy atom. The molecule has 0 aliphatic heterocycles. The van der Waals surface area contributed by atoms with Crippen LogP contribution in [0.4, 0.5) is 0 Å². The Bertz CT molecular complexity index is 656. The lowest BCUT2D eigenvalue weighted by molar-refractivity contribution is 0.493. The van der Waals surface area contributed by atoms with Crippen molar-refractivity contribution in [3.8, 4) is 0 Å². The average molecular weight is 315 g/mol. The molecule has 0 saturated heterocycles. The number of hydrogen-bond donors (Lipinski definition) is 2. The van der Waals surface area contributed by atoms with Crippen molar-refractivity contribution in [1.29, 1.82) is 0 Å². The summed E-state index contributed by atoms with van der Waals surface area (Å²) in [6.07, 6.45) is 5.60. The number of nitrogens with zero attached hydrogens (tertiary/aromatic N) is 3. The fraction of sp³-hybridized carbons (Fsp3) is 0.556. The zero-order chi connectivity index (χ0) is 16.8. The lowest BCUT2D eigenvalue weighted by Crippen LogP contribution is -2.38.